The zero-order chi connectivity index (χ0) is 12.7. The lowest BCUT2D eigenvalue weighted by Gasteiger charge is -2.37. The van der Waals surface area contributed by atoms with Crippen molar-refractivity contribution in [2.45, 2.75) is 52.2 Å². The van der Waals surface area contributed by atoms with E-state index in [9.17, 15) is 0 Å². The number of ether oxygens (including phenoxy) is 1. The highest BCUT2D eigenvalue weighted by molar-refractivity contribution is 4.83. The van der Waals surface area contributed by atoms with Crippen molar-refractivity contribution < 1.29 is 4.74 Å². The van der Waals surface area contributed by atoms with Gasteiger partial charge < -0.3 is 10.1 Å². The van der Waals surface area contributed by atoms with Crippen molar-refractivity contribution in [2.75, 3.05) is 33.3 Å². The average Bonchev–Trinajstić information content (AvgIpc) is 2.36. The normalized spacial score (nSPS) is 25.8. The second kappa shape index (κ2) is 8.06. The first-order valence-electron chi connectivity index (χ1n) is 7.22. The summed E-state index contributed by atoms with van der Waals surface area (Å²) < 4.78 is 5.95. The first-order chi connectivity index (χ1) is 8.21. The number of rotatable bonds is 7. The second-order valence-electron chi connectivity index (χ2n) is 5.35. The van der Waals surface area contributed by atoms with Crippen LogP contribution in [0.4, 0.5) is 0 Å². The molecule has 3 unspecified atom stereocenters. The molecular weight excluding hydrogens is 212 g/mol. The van der Waals surface area contributed by atoms with Crippen LogP contribution in [0.15, 0.2) is 0 Å². The van der Waals surface area contributed by atoms with E-state index in [1.165, 1.54) is 25.8 Å². The molecule has 3 nitrogen and oxygen atoms in total. The Hall–Kier alpha value is -0.120. The molecular formula is C14H30N2O. The van der Waals surface area contributed by atoms with E-state index >= 15 is 0 Å². The van der Waals surface area contributed by atoms with Gasteiger partial charge in [-0.3, -0.25) is 4.90 Å². The molecule has 0 bridgehead atoms. The molecule has 0 amide bonds. The Bertz CT molecular complexity index is 197. The maximum Gasteiger partial charge on any atom is 0.0855 e. The van der Waals surface area contributed by atoms with Gasteiger partial charge in [-0.15, -0.1) is 0 Å². The quantitative estimate of drug-likeness (QED) is 0.740. The fourth-order valence-electron chi connectivity index (χ4n) is 2.55. The van der Waals surface area contributed by atoms with Crippen LogP contribution in [0.1, 0.15) is 40.0 Å². The van der Waals surface area contributed by atoms with Gasteiger partial charge in [0.25, 0.3) is 0 Å². The zero-order valence-corrected chi connectivity index (χ0v) is 12.0. The van der Waals surface area contributed by atoms with Crippen LogP contribution in [0.25, 0.3) is 0 Å². The van der Waals surface area contributed by atoms with Gasteiger partial charge in [0.05, 0.1) is 12.7 Å². The van der Waals surface area contributed by atoms with Crippen LogP contribution in [0, 0.1) is 5.92 Å². The van der Waals surface area contributed by atoms with Crippen LogP contribution in [-0.4, -0.2) is 50.3 Å². The third kappa shape index (κ3) is 4.94. The maximum atomic E-state index is 5.95. The summed E-state index contributed by atoms with van der Waals surface area (Å²) in [5, 5.41) is 3.45. The molecule has 1 rings (SSSR count). The van der Waals surface area contributed by atoms with E-state index in [-0.39, 0.29) is 0 Å². The van der Waals surface area contributed by atoms with E-state index in [4.69, 9.17) is 4.74 Å². The fraction of sp³-hybridized carbons (Fsp3) is 1.00. The average molecular weight is 242 g/mol. The molecule has 0 spiro atoms. The number of morpholine rings is 1. The van der Waals surface area contributed by atoms with E-state index in [2.05, 4.69) is 38.0 Å². The van der Waals surface area contributed by atoms with Gasteiger partial charge in [0, 0.05) is 19.1 Å². The molecule has 1 N–H and O–H groups in total. The summed E-state index contributed by atoms with van der Waals surface area (Å²) in [6.45, 7) is 11.1. The molecule has 0 aromatic carbocycles. The first kappa shape index (κ1) is 14.9. The standard InChI is InChI=1S/C14H30N2O/c1-5-7-16-8-9-17-14(11-16)13(15-4)10-12(3)6-2/h12-15H,5-11H2,1-4H3. The topological polar surface area (TPSA) is 24.5 Å². The van der Waals surface area contributed by atoms with Gasteiger partial charge in [-0.2, -0.15) is 0 Å². The Kier molecular flexibility index (Phi) is 7.09. The minimum absolute atomic E-state index is 0.370. The smallest absolute Gasteiger partial charge is 0.0855 e. The van der Waals surface area contributed by atoms with Crippen molar-refractivity contribution in [2.24, 2.45) is 5.92 Å². The minimum atomic E-state index is 0.370. The Morgan fingerprint density at radius 3 is 2.76 bits per heavy atom. The summed E-state index contributed by atoms with van der Waals surface area (Å²) in [4.78, 5) is 2.54. The van der Waals surface area contributed by atoms with E-state index in [1.807, 2.05) is 0 Å². The summed E-state index contributed by atoms with van der Waals surface area (Å²) in [5.74, 6) is 0.776. The van der Waals surface area contributed by atoms with Gasteiger partial charge in [0.15, 0.2) is 0 Å². The third-order valence-electron chi connectivity index (χ3n) is 3.89. The van der Waals surface area contributed by atoms with Crippen molar-refractivity contribution in [1.29, 1.82) is 0 Å². The van der Waals surface area contributed by atoms with E-state index < -0.39 is 0 Å². The number of likely N-dealkylation sites (N-methyl/N-ethyl adjacent to an activating group) is 1. The lowest BCUT2D eigenvalue weighted by Crippen LogP contribution is -2.52. The molecule has 17 heavy (non-hydrogen) atoms. The fourth-order valence-corrected chi connectivity index (χ4v) is 2.55. The monoisotopic (exact) mass is 242 g/mol. The Labute approximate surface area is 107 Å². The van der Waals surface area contributed by atoms with E-state index in [0.717, 1.165) is 25.6 Å². The summed E-state index contributed by atoms with van der Waals surface area (Å²) in [6, 6.07) is 0.504. The lowest BCUT2D eigenvalue weighted by atomic mass is 9.95. The van der Waals surface area contributed by atoms with Crippen LogP contribution in [0.5, 0.6) is 0 Å². The van der Waals surface area contributed by atoms with Crippen molar-refractivity contribution >= 4 is 0 Å². The summed E-state index contributed by atoms with van der Waals surface area (Å²) >= 11 is 0. The van der Waals surface area contributed by atoms with Gasteiger partial charge in [-0.25, -0.2) is 0 Å². The molecule has 3 atom stereocenters. The molecule has 0 radical (unpaired) electrons. The van der Waals surface area contributed by atoms with Crippen molar-refractivity contribution in [1.82, 2.24) is 10.2 Å². The predicted molar refractivity (Wildman–Crippen MR) is 73.4 cm³/mol. The highest BCUT2D eigenvalue weighted by Gasteiger charge is 2.27. The second-order valence-corrected chi connectivity index (χ2v) is 5.35. The first-order valence-corrected chi connectivity index (χ1v) is 7.22. The summed E-state index contributed by atoms with van der Waals surface area (Å²) in [6.07, 6.45) is 4.08. The predicted octanol–water partition coefficient (Wildman–Crippen LogP) is 2.12. The summed E-state index contributed by atoms with van der Waals surface area (Å²) in [7, 11) is 2.06. The number of hydrogen-bond donors (Lipinski definition) is 1. The third-order valence-corrected chi connectivity index (χ3v) is 3.89. The van der Waals surface area contributed by atoms with Gasteiger partial charge >= 0.3 is 0 Å². The molecule has 1 aliphatic rings. The van der Waals surface area contributed by atoms with Crippen LogP contribution >= 0.6 is 0 Å². The molecule has 3 heteroatoms. The highest BCUT2D eigenvalue weighted by Crippen LogP contribution is 2.17. The molecule has 1 fully saturated rings. The highest BCUT2D eigenvalue weighted by atomic mass is 16.5. The number of nitrogens with one attached hydrogen (secondary N) is 1. The molecule has 1 aliphatic heterocycles. The molecule has 0 aliphatic carbocycles. The van der Waals surface area contributed by atoms with Crippen LogP contribution in [0.3, 0.4) is 0 Å². The van der Waals surface area contributed by atoms with Gasteiger partial charge in [-0.1, -0.05) is 27.2 Å². The molecule has 0 saturated carbocycles. The largest absolute Gasteiger partial charge is 0.374 e. The van der Waals surface area contributed by atoms with E-state index in [0.29, 0.717) is 12.1 Å². The van der Waals surface area contributed by atoms with Gasteiger partial charge in [0.2, 0.25) is 0 Å². The van der Waals surface area contributed by atoms with Gasteiger partial charge in [-0.05, 0) is 32.4 Å². The molecule has 0 aromatic heterocycles. The maximum absolute atomic E-state index is 5.95. The number of hydrogen-bond acceptors (Lipinski definition) is 3. The van der Waals surface area contributed by atoms with E-state index in [1.54, 1.807) is 0 Å². The van der Waals surface area contributed by atoms with Crippen molar-refractivity contribution in [3.05, 3.63) is 0 Å². The number of nitrogens with zero attached hydrogens (tertiary/aromatic N) is 1. The van der Waals surface area contributed by atoms with Crippen LogP contribution in [-0.2, 0) is 4.74 Å². The van der Waals surface area contributed by atoms with Gasteiger partial charge in [0.1, 0.15) is 0 Å². The zero-order valence-electron chi connectivity index (χ0n) is 12.0. The minimum Gasteiger partial charge on any atom is -0.374 e. The Morgan fingerprint density at radius 2 is 2.18 bits per heavy atom. The molecule has 0 aromatic rings. The molecule has 1 heterocycles. The Morgan fingerprint density at radius 1 is 1.41 bits per heavy atom. The van der Waals surface area contributed by atoms with Crippen molar-refractivity contribution in [3.63, 3.8) is 0 Å². The van der Waals surface area contributed by atoms with Crippen molar-refractivity contribution in [3.8, 4) is 0 Å². The lowest BCUT2D eigenvalue weighted by molar-refractivity contribution is -0.0485. The van der Waals surface area contributed by atoms with Crippen LogP contribution < -0.4 is 5.32 Å². The SMILES string of the molecule is CCCN1CCOC(C(CC(C)CC)NC)C1. The summed E-state index contributed by atoms with van der Waals surface area (Å²) in [5.41, 5.74) is 0. The van der Waals surface area contributed by atoms with Crippen LogP contribution in [0.2, 0.25) is 0 Å². The molecule has 102 valence electrons. The Balaban J connectivity index is 2.44. The molecule has 1 saturated heterocycles.